The Morgan fingerprint density at radius 3 is 2.60 bits per heavy atom. The first-order valence-corrected chi connectivity index (χ1v) is 10.3. The van der Waals surface area contributed by atoms with Gasteiger partial charge in [0, 0.05) is 54.4 Å². The molecular weight excluding hydrogens is 378 g/mol. The molecule has 2 aromatic carbocycles. The fourth-order valence-corrected chi connectivity index (χ4v) is 3.94. The molecule has 0 aliphatic carbocycles. The van der Waals surface area contributed by atoms with Crippen molar-refractivity contribution < 1.29 is 9.53 Å². The van der Waals surface area contributed by atoms with Crippen molar-refractivity contribution in [1.29, 1.82) is 0 Å². The second-order valence-corrected chi connectivity index (χ2v) is 7.81. The monoisotopic (exact) mass is 405 g/mol. The van der Waals surface area contributed by atoms with E-state index in [9.17, 15) is 9.59 Å². The minimum absolute atomic E-state index is 0.0385. The number of nitrogens with zero attached hydrogens (tertiary/aromatic N) is 2. The van der Waals surface area contributed by atoms with E-state index in [1.165, 1.54) is 0 Å². The van der Waals surface area contributed by atoms with Crippen LogP contribution in [0, 0.1) is 13.8 Å². The lowest BCUT2D eigenvalue weighted by atomic mass is 10.0. The van der Waals surface area contributed by atoms with Gasteiger partial charge in [0.1, 0.15) is 0 Å². The lowest BCUT2D eigenvalue weighted by molar-refractivity contribution is 0.0363. The quantitative estimate of drug-likeness (QED) is 0.708. The number of benzene rings is 2. The third-order valence-electron chi connectivity index (χ3n) is 5.65. The van der Waals surface area contributed by atoms with Crippen LogP contribution in [0.25, 0.3) is 10.8 Å². The number of aryl methyl sites for hydroxylation is 2. The summed E-state index contributed by atoms with van der Waals surface area (Å²) in [5, 5.41) is 4.34. The van der Waals surface area contributed by atoms with Crippen LogP contribution in [0.5, 0.6) is 0 Å². The van der Waals surface area contributed by atoms with Crippen LogP contribution in [-0.2, 0) is 11.3 Å². The molecule has 0 atom stereocenters. The number of rotatable bonds is 5. The maximum atomic E-state index is 13.0. The average Bonchev–Trinajstić information content (AvgIpc) is 2.74. The number of ether oxygens (including phenoxy) is 1. The summed E-state index contributed by atoms with van der Waals surface area (Å²) in [6.45, 7) is 8.67. The van der Waals surface area contributed by atoms with Crippen molar-refractivity contribution in [3.63, 3.8) is 0 Å². The molecule has 1 saturated heterocycles. The molecule has 1 N–H and O–H groups in total. The van der Waals surface area contributed by atoms with E-state index in [1.54, 1.807) is 4.57 Å². The molecule has 0 bridgehead atoms. The molecule has 0 saturated carbocycles. The van der Waals surface area contributed by atoms with E-state index in [0.29, 0.717) is 23.2 Å². The zero-order valence-corrected chi connectivity index (χ0v) is 17.5. The van der Waals surface area contributed by atoms with Gasteiger partial charge in [-0.25, -0.2) is 0 Å². The zero-order valence-electron chi connectivity index (χ0n) is 17.5. The summed E-state index contributed by atoms with van der Waals surface area (Å²) in [4.78, 5) is 28.1. The number of amides is 1. The molecule has 2 heterocycles. The number of carbonyl (C=O) groups excluding carboxylic acids is 1. The van der Waals surface area contributed by atoms with Crippen molar-refractivity contribution in [2.75, 3.05) is 38.2 Å². The molecule has 1 fully saturated rings. The minimum atomic E-state index is -0.170. The van der Waals surface area contributed by atoms with Crippen LogP contribution >= 0.6 is 0 Å². The first kappa shape index (κ1) is 20.3. The Kier molecular flexibility index (Phi) is 5.97. The predicted octanol–water partition coefficient (Wildman–Crippen LogP) is 3.20. The highest BCUT2D eigenvalue weighted by Gasteiger charge is 2.14. The third-order valence-corrected chi connectivity index (χ3v) is 5.65. The summed E-state index contributed by atoms with van der Waals surface area (Å²) < 4.78 is 7.12. The van der Waals surface area contributed by atoms with Crippen LogP contribution in [0.1, 0.15) is 21.5 Å². The second kappa shape index (κ2) is 8.81. The standard InChI is InChI=1S/C24H27N3O3/c1-17-6-7-19(18(2)16-17)23(28)25-22-5-3-4-21-20(22)8-9-27(24(21)29)11-10-26-12-14-30-15-13-26/h3-9,16H,10-15H2,1-2H3,(H,25,28). The molecule has 0 unspecified atom stereocenters. The van der Waals surface area contributed by atoms with Crippen molar-refractivity contribution in [3.05, 3.63) is 75.7 Å². The van der Waals surface area contributed by atoms with Gasteiger partial charge in [-0.3, -0.25) is 14.5 Å². The Morgan fingerprint density at radius 2 is 1.83 bits per heavy atom. The molecule has 30 heavy (non-hydrogen) atoms. The van der Waals surface area contributed by atoms with Gasteiger partial charge < -0.3 is 14.6 Å². The van der Waals surface area contributed by atoms with E-state index in [-0.39, 0.29) is 11.5 Å². The minimum Gasteiger partial charge on any atom is -0.379 e. The molecule has 1 aliphatic rings. The third kappa shape index (κ3) is 4.30. The van der Waals surface area contributed by atoms with Crippen molar-refractivity contribution in [1.82, 2.24) is 9.47 Å². The molecule has 0 radical (unpaired) electrons. The van der Waals surface area contributed by atoms with E-state index in [2.05, 4.69) is 10.2 Å². The Hall–Kier alpha value is -2.96. The van der Waals surface area contributed by atoms with Gasteiger partial charge in [0.25, 0.3) is 11.5 Å². The molecule has 0 spiro atoms. The smallest absolute Gasteiger partial charge is 0.258 e. The highest BCUT2D eigenvalue weighted by molar-refractivity contribution is 6.09. The fourth-order valence-electron chi connectivity index (χ4n) is 3.94. The molecular formula is C24H27N3O3. The van der Waals surface area contributed by atoms with Gasteiger partial charge in [-0.1, -0.05) is 23.8 Å². The molecule has 1 amide bonds. The summed E-state index contributed by atoms with van der Waals surface area (Å²) in [7, 11) is 0. The molecule has 6 nitrogen and oxygen atoms in total. The van der Waals surface area contributed by atoms with Crippen LogP contribution in [0.3, 0.4) is 0 Å². The molecule has 1 aromatic heterocycles. The largest absolute Gasteiger partial charge is 0.379 e. The van der Waals surface area contributed by atoms with Crippen molar-refractivity contribution in [3.8, 4) is 0 Å². The van der Waals surface area contributed by atoms with E-state index >= 15 is 0 Å². The van der Waals surface area contributed by atoms with E-state index in [4.69, 9.17) is 4.74 Å². The molecule has 156 valence electrons. The summed E-state index contributed by atoms with van der Waals surface area (Å²) >= 11 is 0. The summed E-state index contributed by atoms with van der Waals surface area (Å²) in [5.41, 5.74) is 3.29. The van der Waals surface area contributed by atoms with Gasteiger partial charge in [0.05, 0.1) is 13.2 Å². The second-order valence-electron chi connectivity index (χ2n) is 7.81. The van der Waals surface area contributed by atoms with Gasteiger partial charge in [-0.2, -0.15) is 0 Å². The van der Waals surface area contributed by atoms with Gasteiger partial charge in [-0.05, 0) is 43.7 Å². The average molecular weight is 405 g/mol. The SMILES string of the molecule is Cc1ccc(C(=O)Nc2cccc3c(=O)n(CCN4CCOCC4)ccc23)c(C)c1. The lowest BCUT2D eigenvalue weighted by Gasteiger charge is -2.26. The zero-order chi connectivity index (χ0) is 21.1. The predicted molar refractivity (Wildman–Crippen MR) is 119 cm³/mol. The van der Waals surface area contributed by atoms with Crippen LogP contribution in [0.15, 0.2) is 53.5 Å². The van der Waals surface area contributed by atoms with Gasteiger partial charge in [0.15, 0.2) is 0 Å². The Morgan fingerprint density at radius 1 is 1.03 bits per heavy atom. The summed E-state index contributed by atoms with van der Waals surface area (Å²) in [6, 6.07) is 13.1. The number of hydrogen-bond acceptors (Lipinski definition) is 4. The summed E-state index contributed by atoms with van der Waals surface area (Å²) in [5.74, 6) is -0.170. The number of pyridine rings is 1. The summed E-state index contributed by atoms with van der Waals surface area (Å²) in [6.07, 6.45) is 1.82. The fraction of sp³-hybridized carbons (Fsp3) is 0.333. The number of anilines is 1. The Bertz CT molecular complexity index is 1130. The lowest BCUT2D eigenvalue weighted by Crippen LogP contribution is -2.39. The highest BCUT2D eigenvalue weighted by atomic mass is 16.5. The number of hydrogen-bond donors (Lipinski definition) is 1. The molecule has 6 heteroatoms. The number of aromatic nitrogens is 1. The Labute approximate surface area is 176 Å². The first-order valence-electron chi connectivity index (χ1n) is 10.3. The van der Waals surface area contributed by atoms with E-state index in [1.807, 2.05) is 62.5 Å². The van der Waals surface area contributed by atoms with Gasteiger partial charge in [-0.15, -0.1) is 0 Å². The van der Waals surface area contributed by atoms with Gasteiger partial charge in [0.2, 0.25) is 0 Å². The van der Waals surface area contributed by atoms with Crippen molar-refractivity contribution >= 4 is 22.4 Å². The number of morpholine rings is 1. The normalized spacial score (nSPS) is 14.7. The van der Waals surface area contributed by atoms with Crippen molar-refractivity contribution in [2.45, 2.75) is 20.4 Å². The number of carbonyl (C=O) groups is 1. The maximum Gasteiger partial charge on any atom is 0.258 e. The Balaban J connectivity index is 1.57. The maximum absolute atomic E-state index is 13.0. The van der Waals surface area contributed by atoms with E-state index < -0.39 is 0 Å². The molecule has 4 rings (SSSR count). The molecule has 3 aromatic rings. The van der Waals surface area contributed by atoms with Crippen LogP contribution in [-0.4, -0.2) is 48.2 Å². The number of nitrogens with one attached hydrogen (secondary N) is 1. The van der Waals surface area contributed by atoms with Crippen molar-refractivity contribution in [2.24, 2.45) is 0 Å². The van der Waals surface area contributed by atoms with Crippen LogP contribution < -0.4 is 10.9 Å². The number of fused-ring (bicyclic) bond motifs is 1. The molecule has 1 aliphatic heterocycles. The van der Waals surface area contributed by atoms with Crippen LogP contribution in [0.4, 0.5) is 5.69 Å². The highest BCUT2D eigenvalue weighted by Crippen LogP contribution is 2.22. The topological polar surface area (TPSA) is 63.6 Å². The van der Waals surface area contributed by atoms with Gasteiger partial charge >= 0.3 is 0 Å². The van der Waals surface area contributed by atoms with E-state index in [0.717, 1.165) is 49.4 Å². The van der Waals surface area contributed by atoms with Crippen LogP contribution in [0.2, 0.25) is 0 Å². The first-order chi connectivity index (χ1) is 14.5.